The molecule has 1 aromatic carbocycles. The standard InChI is InChI=1S/C28H33IN4O4/c1-18-26(37-17-32-18)16-36-25-6-5-21-14-33(10-8-24(21)27(25)29)15-23(34)13-31-28(35)20-7-9-30-22(12-20)11-19-3-2-4-19/h5-7,9,12,17,19,23,34H,2-4,8,10-11,13-16H2,1H3,(H,31,35)/t23-/m0/s1. The number of aryl methyl sites for hydroxylation is 1. The Morgan fingerprint density at radius 1 is 1.32 bits per heavy atom. The molecule has 0 unspecified atom stereocenters. The number of aliphatic hydroxyl groups is 1. The molecule has 1 amide bonds. The van der Waals surface area contributed by atoms with E-state index in [0.29, 0.717) is 24.6 Å². The monoisotopic (exact) mass is 616 g/mol. The molecule has 5 rings (SSSR count). The summed E-state index contributed by atoms with van der Waals surface area (Å²) >= 11 is 2.35. The summed E-state index contributed by atoms with van der Waals surface area (Å²) in [5.41, 5.74) is 4.95. The lowest BCUT2D eigenvalue weighted by molar-refractivity contribution is 0.0841. The molecule has 0 radical (unpaired) electrons. The van der Waals surface area contributed by atoms with E-state index >= 15 is 0 Å². The van der Waals surface area contributed by atoms with E-state index in [1.54, 1.807) is 12.3 Å². The summed E-state index contributed by atoms with van der Waals surface area (Å²) in [7, 11) is 0. The predicted octanol–water partition coefficient (Wildman–Crippen LogP) is 4.05. The van der Waals surface area contributed by atoms with Crippen LogP contribution in [0.5, 0.6) is 5.75 Å². The van der Waals surface area contributed by atoms with E-state index in [-0.39, 0.29) is 12.5 Å². The number of nitrogens with zero attached hydrogens (tertiary/aromatic N) is 3. The Kier molecular flexibility index (Phi) is 8.41. The first-order valence-electron chi connectivity index (χ1n) is 12.9. The van der Waals surface area contributed by atoms with E-state index in [0.717, 1.165) is 52.4 Å². The Hall–Kier alpha value is -2.50. The minimum atomic E-state index is -0.645. The van der Waals surface area contributed by atoms with Crippen molar-refractivity contribution in [2.45, 2.75) is 58.3 Å². The van der Waals surface area contributed by atoms with Crippen LogP contribution in [0.15, 0.2) is 41.3 Å². The zero-order valence-corrected chi connectivity index (χ0v) is 23.2. The van der Waals surface area contributed by atoms with E-state index < -0.39 is 6.10 Å². The second kappa shape index (κ2) is 11.9. The Bertz CT molecular complexity index is 1240. The SMILES string of the molecule is Cc1ncoc1COc1ccc2c(c1I)CCN(C[C@@H](O)CNC(=O)c1ccnc(CC3CCC3)c1)C2. The molecule has 3 heterocycles. The molecule has 0 bridgehead atoms. The smallest absolute Gasteiger partial charge is 0.251 e. The van der Waals surface area contributed by atoms with Crippen molar-refractivity contribution in [3.8, 4) is 5.75 Å². The number of amides is 1. The zero-order valence-electron chi connectivity index (χ0n) is 21.1. The van der Waals surface area contributed by atoms with Crippen molar-refractivity contribution >= 4 is 28.5 Å². The van der Waals surface area contributed by atoms with Crippen LogP contribution in [0.25, 0.3) is 0 Å². The van der Waals surface area contributed by atoms with Crippen molar-refractivity contribution in [2.24, 2.45) is 5.92 Å². The highest BCUT2D eigenvalue weighted by atomic mass is 127. The highest BCUT2D eigenvalue weighted by molar-refractivity contribution is 14.1. The van der Waals surface area contributed by atoms with Gasteiger partial charge in [-0.1, -0.05) is 25.3 Å². The van der Waals surface area contributed by atoms with E-state index in [1.807, 2.05) is 19.1 Å². The van der Waals surface area contributed by atoms with Crippen LogP contribution in [0.3, 0.4) is 0 Å². The van der Waals surface area contributed by atoms with Gasteiger partial charge in [-0.3, -0.25) is 14.7 Å². The molecule has 2 aromatic heterocycles. The zero-order chi connectivity index (χ0) is 25.8. The summed E-state index contributed by atoms with van der Waals surface area (Å²) < 4.78 is 12.5. The van der Waals surface area contributed by atoms with Crippen molar-refractivity contribution in [3.05, 3.63) is 74.3 Å². The lowest BCUT2D eigenvalue weighted by atomic mass is 9.82. The first-order chi connectivity index (χ1) is 18.0. The van der Waals surface area contributed by atoms with Gasteiger partial charge < -0.3 is 19.6 Å². The second-order valence-electron chi connectivity index (χ2n) is 10.1. The molecule has 1 atom stereocenters. The van der Waals surface area contributed by atoms with Gasteiger partial charge in [0.05, 0.1) is 15.4 Å². The van der Waals surface area contributed by atoms with Crippen LogP contribution in [-0.4, -0.2) is 51.6 Å². The van der Waals surface area contributed by atoms with Crippen LogP contribution in [0.4, 0.5) is 0 Å². The molecule has 8 nitrogen and oxygen atoms in total. The summed E-state index contributed by atoms with van der Waals surface area (Å²) in [6, 6.07) is 7.72. The molecule has 37 heavy (non-hydrogen) atoms. The van der Waals surface area contributed by atoms with Crippen molar-refractivity contribution in [1.82, 2.24) is 20.2 Å². The summed E-state index contributed by atoms with van der Waals surface area (Å²) in [4.78, 5) is 23.4. The van der Waals surface area contributed by atoms with Gasteiger partial charge in [-0.15, -0.1) is 0 Å². The number of fused-ring (bicyclic) bond motifs is 1. The van der Waals surface area contributed by atoms with E-state index in [1.165, 1.54) is 36.8 Å². The molecule has 1 saturated carbocycles. The predicted molar refractivity (Wildman–Crippen MR) is 147 cm³/mol. The number of aromatic nitrogens is 2. The van der Waals surface area contributed by atoms with Crippen molar-refractivity contribution in [3.63, 3.8) is 0 Å². The summed E-state index contributed by atoms with van der Waals surface area (Å²) in [5.74, 6) is 2.12. The Morgan fingerprint density at radius 3 is 2.95 bits per heavy atom. The molecule has 1 aliphatic heterocycles. The minimum Gasteiger partial charge on any atom is -0.484 e. The van der Waals surface area contributed by atoms with Crippen molar-refractivity contribution < 1.29 is 19.1 Å². The van der Waals surface area contributed by atoms with Crippen LogP contribution in [0.1, 0.15) is 57.9 Å². The number of carbonyl (C=O) groups excluding carboxylic acids is 1. The van der Waals surface area contributed by atoms with Crippen LogP contribution < -0.4 is 10.1 Å². The third-order valence-electron chi connectivity index (χ3n) is 7.35. The number of halogens is 1. The van der Waals surface area contributed by atoms with Gasteiger partial charge in [-0.2, -0.15) is 0 Å². The molecule has 196 valence electrons. The second-order valence-corrected chi connectivity index (χ2v) is 11.1. The lowest BCUT2D eigenvalue weighted by Gasteiger charge is -2.31. The third kappa shape index (κ3) is 6.50. The molecule has 3 aromatic rings. The van der Waals surface area contributed by atoms with Gasteiger partial charge in [0, 0.05) is 43.6 Å². The number of oxazole rings is 1. The Balaban J connectivity index is 1.10. The van der Waals surface area contributed by atoms with Crippen LogP contribution in [-0.2, 0) is 26.0 Å². The maximum atomic E-state index is 12.7. The number of rotatable bonds is 10. The van der Waals surface area contributed by atoms with Crippen LogP contribution >= 0.6 is 22.6 Å². The molecule has 0 spiro atoms. The van der Waals surface area contributed by atoms with Gasteiger partial charge in [-0.25, -0.2) is 4.98 Å². The molecule has 2 N–H and O–H groups in total. The molecule has 2 aliphatic rings. The fourth-order valence-electron chi connectivity index (χ4n) is 4.92. The van der Waals surface area contributed by atoms with Crippen molar-refractivity contribution in [1.29, 1.82) is 0 Å². The number of aliphatic hydroxyl groups excluding tert-OH is 1. The highest BCUT2D eigenvalue weighted by Crippen LogP contribution is 2.32. The molecule has 1 aliphatic carbocycles. The number of benzene rings is 1. The number of hydrogen-bond acceptors (Lipinski definition) is 7. The molecule has 0 saturated heterocycles. The lowest BCUT2D eigenvalue weighted by Crippen LogP contribution is -2.42. The maximum absolute atomic E-state index is 12.7. The van der Waals surface area contributed by atoms with Crippen LogP contribution in [0, 0.1) is 16.4 Å². The number of hydrogen-bond donors (Lipinski definition) is 2. The van der Waals surface area contributed by atoms with E-state index in [4.69, 9.17) is 9.15 Å². The maximum Gasteiger partial charge on any atom is 0.251 e. The van der Waals surface area contributed by atoms with E-state index in [9.17, 15) is 9.90 Å². The summed E-state index contributed by atoms with van der Waals surface area (Å²) in [6.07, 6.45) is 8.12. The number of ether oxygens (including phenoxy) is 1. The topological polar surface area (TPSA) is 101 Å². The highest BCUT2D eigenvalue weighted by Gasteiger charge is 2.23. The number of nitrogens with one attached hydrogen (secondary N) is 1. The number of β-amino-alcohol motifs (C(OH)–C–C–N with tert-alkyl or cyclic N) is 1. The van der Waals surface area contributed by atoms with E-state index in [2.05, 4.69) is 48.8 Å². The fraction of sp³-hybridized carbons (Fsp3) is 0.464. The molecule has 1 fully saturated rings. The largest absolute Gasteiger partial charge is 0.484 e. The first kappa shape index (κ1) is 26.1. The van der Waals surface area contributed by atoms with Gasteiger partial charge in [0.2, 0.25) is 0 Å². The Morgan fingerprint density at radius 2 is 2.19 bits per heavy atom. The van der Waals surface area contributed by atoms with Crippen LogP contribution in [0.2, 0.25) is 0 Å². The summed E-state index contributed by atoms with van der Waals surface area (Å²) in [5, 5.41) is 13.5. The van der Waals surface area contributed by atoms with Gasteiger partial charge in [-0.05, 0) is 77.6 Å². The van der Waals surface area contributed by atoms with Gasteiger partial charge in [0.25, 0.3) is 5.91 Å². The van der Waals surface area contributed by atoms with Gasteiger partial charge >= 0.3 is 0 Å². The quantitative estimate of drug-likeness (QED) is 0.332. The fourth-order valence-corrected chi connectivity index (χ4v) is 5.87. The van der Waals surface area contributed by atoms with Crippen molar-refractivity contribution in [2.75, 3.05) is 19.6 Å². The van der Waals surface area contributed by atoms with Gasteiger partial charge in [0.1, 0.15) is 12.4 Å². The normalized spacial score (nSPS) is 16.6. The third-order valence-corrected chi connectivity index (χ3v) is 8.53. The molecule has 9 heteroatoms. The molecular formula is C28H33IN4O4. The number of carbonyl (C=O) groups is 1. The average Bonchev–Trinajstić information content (AvgIpc) is 3.29. The minimum absolute atomic E-state index is 0.164. The molecular weight excluding hydrogens is 583 g/mol. The first-order valence-corrected chi connectivity index (χ1v) is 14.0. The average molecular weight is 616 g/mol. The Labute approximate surface area is 231 Å². The van der Waals surface area contributed by atoms with Gasteiger partial charge in [0.15, 0.2) is 12.2 Å². The summed E-state index contributed by atoms with van der Waals surface area (Å²) in [6.45, 7) is 4.57. The number of pyridine rings is 1.